The molecule has 0 saturated heterocycles. The zero-order valence-corrected chi connectivity index (χ0v) is 19.5. The molecular weight excluding hydrogens is 477 g/mol. The highest BCUT2D eigenvalue weighted by atomic mass is 35.5. The molecule has 34 heavy (non-hydrogen) atoms. The Morgan fingerprint density at radius 2 is 1.65 bits per heavy atom. The SMILES string of the molecule is O=C(c1ccc(Cl)cc1Cl)N1N=C2/C(=C\c3ccc(F)cc3)CCCC2C1c1ccc(F)cc1. The fourth-order valence-corrected chi connectivity index (χ4v) is 5.20. The van der Waals surface area contributed by atoms with E-state index in [1.807, 2.05) is 6.08 Å². The first-order chi connectivity index (χ1) is 16.4. The third-order valence-electron chi connectivity index (χ3n) is 6.29. The van der Waals surface area contributed by atoms with E-state index in [1.54, 1.807) is 36.4 Å². The number of hydrogen-bond donors (Lipinski definition) is 0. The predicted molar refractivity (Wildman–Crippen MR) is 131 cm³/mol. The molecule has 2 atom stereocenters. The van der Waals surface area contributed by atoms with Crippen molar-refractivity contribution in [2.45, 2.75) is 25.3 Å². The van der Waals surface area contributed by atoms with Gasteiger partial charge in [-0.05, 0) is 84.5 Å². The van der Waals surface area contributed by atoms with Gasteiger partial charge in [-0.15, -0.1) is 0 Å². The molecule has 1 fully saturated rings. The summed E-state index contributed by atoms with van der Waals surface area (Å²) in [6.07, 6.45) is 4.54. The molecular formula is C27H20Cl2F2N2O. The highest BCUT2D eigenvalue weighted by Gasteiger charge is 2.44. The van der Waals surface area contributed by atoms with Gasteiger partial charge in [-0.3, -0.25) is 4.79 Å². The van der Waals surface area contributed by atoms with Crippen LogP contribution in [0.15, 0.2) is 77.4 Å². The summed E-state index contributed by atoms with van der Waals surface area (Å²) in [4.78, 5) is 13.6. The summed E-state index contributed by atoms with van der Waals surface area (Å²) in [6.45, 7) is 0. The van der Waals surface area contributed by atoms with Crippen LogP contribution >= 0.6 is 23.2 Å². The van der Waals surface area contributed by atoms with Crippen molar-refractivity contribution in [3.63, 3.8) is 0 Å². The van der Waals surface area contributed by atoms with E-state index in [2.05, 4.69) is 0 Å². The minimum Gasteiger partial charge on any atom is -0.267 e. The molecule has 172 valence electrons. The average Bonchev–Trinajstić information content (AvgIpc) is 3.21. The Hall–Kier alpha value is -3.02. The van der Waals surface area contributed by atoms with Crippen molar-refractivity contribution in [2.24, 2.45) is 11.0 Å². The van der Waals surface area contributed by atoms with Crippen molar-refractivity contribution < 1.29 is 13.6 Å². The molecule has 1 saturated carbocycles. The van der Waals surface area contributed by atoms with E-state index in [4.69, 9.17) is 28.3 Å². The summed E-state index contributed by atoms with van der Waals surface area (Å²) < 4.78 is 27.0. The van der Waals surface area contributed by atoms with Crippen LogP contribution in [0.3, 0.4) is 0 Å². The third-order valence-corrected chi connectivity index (χ3v) is 6.84. The number of benzene rings is 3. The maximum atomic E-state index is 13.7. The van der Waals surface area contributed by atoms with Crippen LogP contribution in [0, 0.1) is 17.6 Å². The lowest BCUT2D eigenvalue weighted by atomic mass is 9.77. The second kappa shape index (κ2) is 9.32. The second-order valence-electron chi connectivity index (χ2n) is 8.48. The van der Waals surface area contributed by atoms with Crippen molar-refractivity contribution >= 4 is 40.9 Å². The van der Waals surface area contributed by atoms with Gasteiger partial charge in [0.1, 0.15) is 11.6 Å². The topological polar surface area (TPSA) is 32.7 Å². The summed E-state index contributed by atoms with van der Waals surface area (Å²) in [5.41, 5.74) is 3.79. The Morgan fingerprint density at radius 1 is 0.971 bits per heavy atom. The largest absolute Gasteiger partial charge is 0.276 e. The normalized spacial score (nSPS) is 20.9. The molecule has 3 aromatic carbocycles. The third kappa shape index (κ3) is 4.38. The molecule has 7 heteroatoms. The molecule has 5 rings (SSSR count). The Morgan fingerprint density at radius 3 is 2.32 bits per heavy atom. The number of amides is 1. The van der Waals surface area contributed by atoms with Crippen LogP contribution in [0.25, 0.3) is 6.08 Å². The number of rotatable bonds is 3. The first-order valence-corrected chi connectivity index (χ1v) is 11.8. The number of carbonyl (C=O) groups excluding carboxylic acids is 1. The van der Waals surface area contributed by atoms with E-state index in [0.29, 0.717) is 10.6 Å². The van der Waals surface area contributed by atoms with Crippen molar-refractivity contribution in [2.75, 3.05) is 0 Å². The molecule has 1 amide bonds. The van der Waals surface area contributed by atoms with E-state index < -0.39 is 6.04 Å². The van der Waals surface area contributed by atoms with Gasteiger partial charge in [0.2, 0.25) is 0 Å². The minimum atomic E-state index is -0.397. The standard InChI is InChI=1S/C27H20Cl2F2N2O/c28-19-8-13-22(24(29)15-19)27(34)33-26(17-6-11-21(31)12-7-17)23-3-1-2-18(25(23)32-33)14-16-4-9-20(30)10-5-16/h4-15,23,26H,1-3H2/b18-14-. The van der Waals surface area contributed by atoms with E-state index >= 15 is 0 Å². The summed E-state index contributed by atoms with van der Waals surface area (Å²) >= 11 is 12.4. The molecule has 1 aliphatic carbocycles. The number of hydrazone groups is 1. The molecule has 2 aliphatic rings. The highest BCUT2D eigenvalue weighted by molar-refractivity contribution is 6.36. The number of halogens is 4. The van der Waals surface area contributed by atoms with Crippen molar-refractivity contribution in [1.29, 1.82) is 0 Å². The van der Waals surface area contributed by atoms with E-state index in [9.17, 15) is 13.6 Å². The number of hydrogen-bond acceptors (Lipinski definition) is 2. The Labute approximate surface area is 206 Å². The zero-order chi connectivity index (χ0) is 23.8. The smallest absolute Gasteiger partial charge is 0.267 e. The second-order valence-corrected chi connectivity index (χ2v) is 9.32. The number of carbonyl (C=O) groups is 1. The lowest BCUT2D eigenvalue weighted by Gasteiger charge is -2.29. The summed E-state index contributed by atoms with van der Waals surface area (Å²) in [6, 6.07) is 16.8. The molecule has 3 aromatic rings. The molecule has 0 aromatic heterocycles. The first kappa shape index (κ1) is 22.8. The first-order valence-electron chi connectivity index (χ1n) is 11.0. The lowest BCUT2D eigenvalue weighted by Crippen LogP contribution is -2.32. The van der Waals surface area contributed by atoms with Gasteiger partial charge in [-0.2, -0.15) is 5.10 Å². The maximum Gasteiger partial charge on any atom is 0.276 e. The molecule has 0 bridgehead atoms. The molecule has 1 aliphatic heterocycles. The fourth-order valence-electron chi connectivity index (χ4n) is 4.71. The van der Waals surface area contributed by atoms with Gasteiger partial charge in [0, 0.05) is 10.9 Å². The zero-order valence-electron chi connectivity index (χ0n) is 18.0. The van der Waals surface area contributed by atoms with Crippen LogP contribution < -0.4 is 0 Å². The molecule has 3 nitrogen and oxygen atoms in total. The van der Waals surface area contributed by atoms with Gasteiger partial charge in [-0.25, -0.2) is 13.8 Å². The van der Waals surface area contributed by atoms with Gasteiger partial charge in [0.25, 0.3) is 5.91 Å². The number of fused-ring (bicyclic) bond motifs is 1. The van der Waals surface area contributed by atoms with Crippen LogP contribution in [-0.2, 0) is 0 Å². The summed E-state index contributed by atoms with van der Waals surface area (Å²) in [5.74, 6) is -1.04. The lowest BCUT2D eigenvalue weighted by molar-refractivity contribution is 0.0681. The van der Waals surface area contributed by atoms with Gasteiger partial charge in [0.15, 0.2) is 0 Å². The van der Waals surface area contributed by atoms with Gasteiger partial charge in [-0.1, -0.05) is 47.5 Å². The Kier molecular flexibility index (Phi) is 6.24. The van der Waals surface area contributed by atoms with Crippen LogP contribution in [0.5, 0.6) is 0 Å². The number of nitrogens with zero attached hydrogens (tertiary/aromatic N) is 2. The monoisotopic (exact) mass is 496 g/mol. The molecule has 2 unspecified atom stereocenters. The van der Waals surface area contributed by atoms with Gasteiger partial charge < -0.3 is 0 Å². The van der Waals surface area contributed by atoms with Crippen LogP contribution in [0.2, 0.25) is 10.0 Å². The Bertz CT molecular complexity index is 1300. The fraction of sp³-hybridized carbons (Fsp3) is 0.185. The predicted octanol–water partition coefficient (Wildman–Crippen LogP) is 7.71. The van der Waals surface area contributed by atoms with E-state index in [1.165, 1.54) is 35.3 Å². The van der Waals surface area contributed by atoms with Crippen LogP contribution in [0.4, 0.5) is 8.78 Å². The van der Waals surface area contributed by atoms with Gasteiger partial charge in [0.05, 0.1) is 22.3 Å². The van der Waals surface area contributed by atoms with Gasteiger partial charge >= 0.3 is 0 Å². The minimum absolute atomic E-state index is 0.0547. The van der Waals surface area contributed by atoms with E-state index in [-0.39, 0.29) is 28.5 Å². The Balaban J connectivity index is 1.59. The van der Waals surface area contributed by atoms with Crippen LogP contribution in [0.1, 0.15) is 46.8 Å². The molecule has 0 spiro atoms. The molecule has 1 heterocycles. The maximum absolute atomic E-state index is 13.7. The summed E-state index contributed by atoms with van der Waals surface area (Å²) in [5, 5.41) is 6.94. The summed E-state index contributed by atoms with van der Waals surface area (Å²) in [7, 11) is 0. The molecule has 0 N–H and O–H groups in total. The highest BCUT2D eigenvalue weighted by Crippen LogP contribution is 2.45. The van der Waals surface area contributed by atoms with Crippen molar-refractivity contribution in [1.82, 2.24) is 5.01 Å². The average molecular weight is 497 g/mol. The van der Waals surface area contributed by atoms with Crippen molar-refractivity contribution in [3.05, 3.63) is 111 Å². The van der Waals surface area contributed by atoms with Crippen LogP contribution in [-0.4, -0.2) is 16.6 Å². The van der Waals surface area contributed by atoms with Crippen molar-refractivity contribution in [3.8, 4) is 0 Å². The van der Waals surface area contributed by atoms with E-state index in [0.717, 1.165) is 41.7 Å². The molecule has 0 radical (unpaired) electrons. The quantitative estimate of drug-likeness (QED) is 0.365. The number of allylic oxidation sites excluding steroid dienone is 1.